The van der Waals surface area contributed by atoms with Crippen molar-refractivity contribution in [2.45, 2.75) is 96.4 Å². The van der Waals surface area contributed by atoms with Crippen LogP contribution in [0, 0.1) is 23.7 Å². The fourth-order valence-corrected chi connectivity index (χ4v) is 7.62. The van der Waals surface area contributed by atoms with E-state index in [4.69, 9.17) is 19.2 Å². The van der Waals surface area contributed by atoms with Crippen LogP contribution in [0.25, 0.3) is 22.2 Å². The van der Waals surface area contributed by atoms with Crippen molar-refractivity contribution in [1.82, 2.24) is 20.9 Å². The quantitative estimate of drug-likeness (QED) is 0.154. The molecule has 2 aromatic carbocycles. The normalized spacial score (nSPS) is 20.4. The first-order valence-electron chi connectivity index (χ1n) is 18.9. The lowest BCUT2D eigenvalue weighted by Crippen LogP contribution is -2.57. The first kappa shape index (κ1) is 40.0. The highest BCUT2D eigenvalue weighted by molar-refractivity contribution is 5.94. The Kier molecular flexibility index (Phi) is 13.5. The van der Waals surface area contributed by atoms with Gasteiger partial charge in [0.05, 0.1) is 37.3 Å². The highest BCUT2D eigenvalue weighted by Gasteiger charge is 2.46. The molecule has 2 fully saturated rings. The van der Waals surface area contributed by atoms with E-state index in [0.29, 0.717) is 28.1 Å². The Morgan fingerprint density at radius 3 is 2.13 bits per heavy atom. The van der Waals surface area contributed by atoms with E-state index >= 15 is 0 Å². The second-order valence-electron chi connectivity index (χ2n) is 14.6. The maximum atomic E-state index is 14.2. The van der Waals surface area contributed by atoms with E-state index < -0.39 is 65.7 Å². The summed E-state index contributed by atoms with van der Waals surface area (Å²) in [5, 5.41) is 18.7. The minimum Gasteiger partial charge on any atom is -0.497 e. The van der Waals surface area contributed by atoms with Crippen LogP contribution < -0.4 is 25.4 Å². The summed E-state index contributed by atoms with van der Waals surface area (Å²) in [5.41, 5.74) is 2.15. The molecule has 0 aliphatic heterocycles. The van der Waals surface area contributed by atoms with E-state index in [2.05, 4.69) is 16.0 Å². The molecule has 1 heterocycles. The van der Waals surface area contributed by atoms with Crippen LogP contribution in [0.4, 0.5) is 0 Å². The monoisotopic (exact) mass is 744 g/mol. The molecule has 0 saturated heterocycles. The molecule has 3 aromatic rings. The van der Waals surface area contributed by atoms with Crippen molar-refractivity contribution in [2.24, 2.45) is 23.7 Å². The molecule has 5 rings (SSSR count). The van der Waals surface area contributed by atoms with Crippen molar-refractivity contribution in [3.05, 3.63) is 54.6 Å². The summed E-state index contributed by atoms with van der Waals surface area (Å²) in [6.07, 6.45) is 4.28. The van der Waals surface area contributed by atoms with Gasteiger partial charge in [-0.3, -0.25) is 14.4 Å². The summed E-state index contributed by atoms with van der Waals surface area (Å²) < 4.78 is 17.1. The number of hydrogen-bond acceptors (Lipinski definition) is 9. The maximum absolute atomic E-state index is 14.2. The van der Waals surface area contributed by atoms with E-state index in [1.165, 1.54) is 7.11 Å². The number of aliphatic carboxylic acids is 1. The van der Waals surface area contributed by atoms with Crippen molar-refractivity contribution < 1.29 is 43.3 Å². The number of rotatable bonds is 15. The molecule has 6 atom stereocenters. The number of aromatic nitrogens is 1. The lowest BCUT2D eigenvalue weighted by atomic mass is 9.83. The smallest absolute Gasteiger partial charge is 0.328 e. The Labute approximate surface area is 315 Å². The van der Waals surface area contributed by atoms with E-state index in [-0.39, 0.29) is 31.1 Å². The van der Waals surface area contributed by atoms with Gasteiger partial charge in [0.1, 0.15) is 35.7 Å². The molecule has 0 radical (unpaired) electrons. The van der Waals surface area contributed by atoms with Gasteiger partial charge in [0.25, 0.3) is 0 Å². The molecule has 54 heavy (non-hydrogen) atoms. The van der Waals surface area contributed by atoms with Gasteiger partial charge in [-0.15, -0.1) is 0 Å². The largest absolute Gasteiger partial charge is 0.497 e. The van der Waals surface area contributed by atoms with Crippen molar-refractivity contribution in [2.75, 3.05) is 14.2 Å². The maximum Gasteiger partial charge on any atom is 0.328 e. The lowest BCUT2D eigenvalue weighted by molar-refractivity contribution is -0.147. The first-order chi connectivity index (χ1) is 25.9. The molecule has 13 nitrogen and oxygen atoms in total. The second kappa shape index (κ2) is 18.2. The molecule has 0 spiro atoms. The summed E-state index contributed by atoms with van der Waals surface area (Å²) in [6.45, 7) is 5.23. The lowest BCUT2D eigenvalue weighted by Gasteiger charge is -2.31. The van der Waals surface area contributed by atoms with E-state index in [0.717, 1.165) is 37.7 Å². The van der Waals surface area contributed by atoms with Gasteiger partial charge in [-0.05, 0) is 56.1 Å². The van der Waals surface area contributed by atoms with Gasteiger partial charge in [0.15, 0.2) is 0 Å². The zero-order valence-electron chi connectivity index (χ0n) is 31.6. The molecule has 290 valence electrons. The number of carbonyl (C=O) groups is 5. The molecule has 1 unspecified atom stereocenters. The third kappa shape index (κ3) is 9.47. The van der Waals surface area contributed by atoms with Crippen LogP contribution in [-0.4, -0.2) is 78.2 Å². The molecular weight excluding hydrogens is 692 g/mol. The van der Waals surface area contributed by atoms with Crippen LogP contribution in [0.3, 0.4) is 0 Å². The number of nitrogens with zero attached hydrogens (tertiary/aromatic N) is 1. The minimum absolute atomic E-state index is 0.0759. The number of nitrogens with one attached hydrogen (secondary N) is 3. The van der Waals surface area contributed by atoms with Gasteiger partial charge in [-0.2, -0.15) is 0 Å². The third-order valence-corrected chi connectivity index (χ3v) is 10.7. The Morgan fingerprint density at radius 2 is 1.54 bits per heavy atom. The van der Waals surface area contributed by atoms with E-state index in [1.807, 2.05) is 48.5 Å². The number of carboxylic acids is 1. The molecule has 2 aliphatic carbocycles. The van der Waals surface area contributed by atoms with E-state index in [1.54, 1.807) is 33.9 Å². The molecular formula is C41H52N4O9. The number of esters is 1. The number of carbonyl (C=O) groups excluding carboxylic acids is 4. The number of methoxy groups -OCH3 is 2. The number of ether oxygens (including phenoxy) is 3. The van der Waals surface area contributed by atoms with Gasteiger partial charge in [-0.1, -0.05) is 70.4 Å². The summed E-state index contributed by atoms with van der Waals surface area (Å²) in [6, 6.07) is 13.9. The fraction of sp³-hybridized carbons (Fsp3) is 0.512. The van der Waals surface area contributed by atoms with Crippen molar-refractivity contribution in [3.63, 3.8) is 0 Å². The summed E-state index contributed by atoms with van der Waals surface area (Å²) in [7, 11) is 2.86. The molecule has 0 bridgehead atoms. The molecule has 2 saturated carbocycles. The average Bonchev–Trinajstić information content (AvgIpc) is 3.61. The number of hydrogen-bond donors (Lipinski definition) is 4. The zero-order chi connectivity index (χ0) is 38.9. The minimum atomic E-state index is -1.18. The Balaban J connectivity index is 1.42. The number of benzene rings is 2. The predicted molar refractivity (Wildman–Crippen MR) is 202 cm³/mol. The Bertz CT molecular complexity index is 1810. The molecule has 2 aliphatic rings. The molecule has 13 heteroatoms. The zero-order valence-corrected chi connectivity index (χ0v) is 31.6. The van der Waals surface area contributed by atoms with Crippen LogP contribution >= 0.6 is 0 Å². The van der Waals surface area contributed by atoms with Crippen LogP contribution in [0.2, 0.25) is 0 Å². The van der Waals surface area contributed by atoms with Gasteiger partial charge >= 0.3 is 11.9 Å². The highest BCUT2D eigenvalue weighted by Crippen LogP contribution is 2.39. The van der Waals surface area contributed by atoms with Gasteiger partial charge in [0.2, 0.25) is 17.7 Å². The molecule has 3 amide bonds. The fourth-order valence-electron chi connectivity index (χ4n) is 7.62. The van der Waals surface area contributed by atoms with Crippen molar-refractivity contribution >= 4 is 40.6 Å². The molecule has 1 aromatic heterocycles. The van der Waals surface area contributed by atoms with Crippen LogP contribution in [0.1, 0.15) is 72.1 Å². The standard InChI is InChI=1S/C41H52N4O9/c1-6-31(40(49)50)43-37(46)29-19-27(54-34-22-32(24-13-9-7-10-14-24)42-33-21-26(52-4)17-18-28(33)34)20-30(29)38(47)44-35(23(2)3)39(48)45-36(41(51)53-5)25-15-11-8-12-16-25/h7,9-10,13-14,17-18,21-23,25,27,29-31,35-36H,6,8,11-12,15-16,19-20H2,1-5H3,(H,43,46)(H,44,47)(H,45,48)(H,49,50)/t27-,29+,30+,31-,35-,36?/m0/s1. The SMILES string of the molecule is CC[C@H](NC(=O)[C@@H]1C[C@H](Oc2cc(-c3ccccc3)nc3cc(OC)ccc23)C[C@H]1C(=O)N[C@H](C(=O)NC(C(=O)OC)C1CCCCC1)C(C)C)C(=O)O. The number of carboxylic acid groups (broad SMARTS) is 1. The highest BCUT2D eigenvalue weighted by atomic mass is 16.5. The van der Waals surface area contributed by atoms with Gasteiger partial charge in [-0.25, -0.2) is 14.6 Å². The summed E-state index contributed by atoms with van der Waals surface area (Å²) in [4.78, 5) is 71.3. The average molecular weight is 745 g/mol. The van der Waals surface area contributed by atoms with Crippen LogP contribution in [0.5, 0.6) is 11.5 Å². The van der Waals surface area contributed by atoms with Crippen LogP contribution in [0.15, 0.2) is 54.6 Å². The van der Waals surface area contributed by atoms with Crippen molar-refractivity contribution in [3.8, 4) is 22.8 Å². The Hall–Kier alpha value is -5.20. The summed E-state index contributed by atoms with van der Waals surface area (Å²) >= 11 is 0. The first-order valence-corrected chi connectivity index (χ1v) is 18.9. The molecule has 4 N–H and O–H groups in total. The summed E-state index contributed by atoms with van der Waals surface area (Å²) in [5.74, 6) is -4.59. The van der Waals surface area contributed by atoms with Crippen molar-refractivity contribution in [1.29, 1.82) is 0 Å². The number of amides is 3. The van der Waals surface area contributed by atoms with Gasteiger partial charge in [0, 0.05) is 23.1 Å². The van der Waals surface area contributed by atoms with Crippen LogP contribution in [-0.2, 0) is 28.7 Å². The van der Waals surface area contributed by atoms with Gasteiger partial charge < -0.3 is 35.3 Å². The topological polar surface area (TPSA) is 182 Å². The second-order valence-corrected chi connectivity index (χ2v) is 14.6. The number of fused-ring (bicyclic) bond motifs is 1. The third-order valence-electron chi connectivity index (χ3n) is 10.7. The predicted octanol–water partition coefficient (Wildman–Crippen LogP) is 5.04. The number of pyridine rings is 1. The van der Waals surface area contributed by atoms with E-state index in [9.17, 15) is 29.1 Å². The Morgan fingerprint density at radius 1 is 0.870 bits per heavy atom.